The van der Waals surface area contributed by atoms with E-state index in [1.807, 2.05) is 31.2 Å². The molecule has 1 rings (SSSR count). The number of nitrogens with one attached hydrogen (secondary N) is 2. The van der Waals surface area contributed by atoms with Crippen LogP contribution in [0.25, 0.3) is 0 Å². The summed E-state index contributed by atoms with van der Waals surface area (Å²) in [5.41, 5.74) is 1.66. The standard InChI is InChI=1S/C18H25N3O3/c1-5-16(22)19-12-15-10-8-7-9-14(15)11-17(23)20-13(3)18(24)21(4)6-2/h5,7-10,13H,1,6,11-12H2,2-4H3,(H,19,22)(H,20,23). The SMILES string of the molecule is C=CC(=O)NCc1ccccc1CC(=O)NC(C)C(=O)N(C)CC. The molecule has 6 nitrogen and oxygen atoms in total. The molecule has 0 fully saturated rings. The molecule has 24 heavy (non-hydrogen) atoms. The van der Waals surface area contributed by atoms with Crippen LogP contribution >= 0.6 is 0 Å². The van der Waals surface area contributed by atoms with Gasteiger partial charge in [0.15, 0.2) is 0 Å². The summed E-state index contributed by atoms with van der Waals surface area (Å²) in [6, 6.07) is 6.79. The maximum absolute atomic E-state index is 12.2. The van der Waals surface area contributed by atoms with E-state index < -0.39 is 6.04 Å². The fourth-order valence-electron chi connectivity index (χ4n) is 2.17. The Balaban J connectivity index is 2.68. The lowest BCUT2D eigenvalue weighted by atomic mass is 10.0. The first-order valence-corrected chi connectivity index (χ1v) is 7.90. The van der Waals surface area contributed by atoms with Crippen molar-refractivity contribution >= 4 is 17.7 Å². The van der Waals surface area contributed by atoms with Crippen LogP contribution in [0, 0.1) is 0 Å². The zero-order chi connectivity index (χ0) is 18.1. The number of likely N-dealkylation sites (N-methyl/N-ethyl adjacent to an activating group) is 1. The van der Waals surface area contributed by atoms with Gasteiger partial charge in [0.05, 0.1) is 6.42 Å². The molecule has 0 saturated heterocycles. The average Bonchev–Trinajstić information content (AvgIpc) is 2.58. The third kappa shape index (κ3) is 5.87. The van der Waals surface area contributed by atoms with Crippen molar-refractivity contribution in [2.45, 2.75) is 32.9 Å². The Hall–Kier alpha value is -2.63. The van der Waals surface area contributed by atoms with Gasteiger partial charge in [0.2, 0.25) is 17.7 Å². The monoisotopic (exact) mass is 331 g/mol. The lowest BCUT2D eigenvalue weighted by Crippen LogP contribution is -2.46. The molecule has 1 aromatic carbocycles. The second kappa shape index (κ2) is 9.50. The molecule has 3 amide bonds. The number of carbonyl (C=O) groups excluding carboxylic acids is 3. The molecule has 0 heterocycles. The Kier molecular flexibility index (Phi) is 7.68. The van der Waals surface area contributed by atoms with Crippen LogP contribution in [0.3, 0.4) is 0 Å². The first-order chi connectivity index (χ1) is 11.4. The van der Waals surface area contributed by atoms with Crippen LogP contribution in [-0.4, -0.2) is 42.3 Å². The van der Waals surface area contributed by atoms with E-state index in [9.17, 15) is 14.4 Å². The Morgan fingerprint density at radius 1 is 1.25 bits per heavy atom. The van der Waals surface area contributed by atoms with E-state index in [-0.39, 0.29) is 24.1 Å². The minimum Gasteiger partial charge on any atom is -0.348 e. The summed E-state index contributed by atoms with van der Waals surface area (Å²) < 4.78 is 0. The molecule has 1 aromatic rings. The predicted octanol–water partition coefficient (Wildman–Crippen LogP) is 1.01. The second-order valence-electron chi connectivity index (χ2n) is 5.51. The Bertz CT molecular complexity index is 613. The van der Waals surface area contributed by atoms with E-state index in [1.54, 1.807) is 18.9 Å². The topological polar surface area (TPSA) is 78.5 Å². The van der Waals surface area contributed by atoms with Gasteiger partial charge in [-0.05, 0) is 31.1 Å². The molecule has 1 atom stereocenters. The summed E-state index contributed by atoms with van der Waals surface area (Å²) in [4.78, 5) is 37.0. The highest BCUT2D eigenvalue weighted by molar-refractivity contribution is 5.88. The zero-order valence-electron chi connectivity index (χ0n) is 14.5. The number of hydrogen-bond donors (Lipinski definition) is 2. The highest BCUT2D eigenvalue weighted by Crippen LogP contribution is 2.10. The molecule has 0 aliphatic heterocycles. The maximum atomic E-state index is 12.2. The molecule has 2 N–H and O–H groups in total. The van der Waals surface area contributed by atoms with Crippen molar-refractivity contribution in [2.24, 2.45) is 0 Å². The zero-order valence-corrected chi connectivity index (χ0v) is 14.5. The summed E-state index contributed by atoms with van der Waals surface area (Å²) in [6.07, 6.45) is 1.35. The van der Waals surface area contributed by atoms with Gasteiger partial charge in [-0.25, -0.2) is 0 Å². The Morgan fingerprint density at radius 2 is 1.88 bits per heavy atom. The lowest BCUT2D eigenvalue weighted by Gasteiger charge is -2.20. The summed E-state index contributed by atoms with van der Waals surface area (Å²) in [6.45, 7) is 7.86. The van der Waals surface area contributed by atoms with Crippen molar-refractivity contribution in [3.05, 3.63) is 48.0 Å². The minimum absolute atomic E-state index is 0.127. The van der Waals surface area contributed by atoms with E-state index in [0.717, 1.165) is 11.1 Å². The Morgan fingerprint density at radius 3 is 2.46 bits per heavy atom. The normalized spacial score (nSPS) is 11.3. The van der Waals surface area contributed by atoms with Crippen molar-refractivity contribution < 1.29 is 14.4 Å². The summed E-state index contributed by atoms with van der Waals surface area (Å²) in [5, 5.41) is 5.41. The number of amides is 3. The summed E-state index contributed by atoms with van der Waals surface area (Å²) >= 11 is 0. The van der Waals surface area contributed by atoms with Crippen LogP contribution in [0.15, 0.2) is 36.9 Å². The van der Waals surface area contributed by atoms with Crippen molar-refractivity contribution in [1.82, 2.24) is 15.5 Å². The second-order valence-corrected chi connectivity index (χ2v) is 5.51. The third-order valence-electron chi connectivity index (χ3n) is 3.71. The van der Waals surface area contributed by atoms with Crippen LogP contribution in [0.2, 0.25) is 0 Å². The predicted molar refractivity (Wildman–Crippen MR) is 93.1 cm³/mol. The number of carbonyl (C=O) groups is 3. The molecule has 0 aliphatic carbocycles. The smallest absolute Gasteiger partial charge is 0.244 e. The summed E-state index contributed by atoms with van der Waals surface area (Å²) in [7, 11) is 1.70. The first-order valence-electron chi connectivity index (χ1n) is 7.90. The quantitative estimate of drug-likeness (QED) is 0.698. The van der Waals surface area contributed by atoms with Gasteiger partial charge in [-0.1, -0.05) is 30.8 Å². The van der Waals surface area contributed by atoms with Crippen LogP contribution in [0.1, 0.15) is 25.0 Å². The van der Waals surface area contributed by atoms with Gasteiger partial charge in [0.25, 0.3) is 0 Å². The lowest BCUT2D eigenvalue weighted by molar-refractivity contribution is -0.134. The van der Waals surface area contributed by atoms with Crippen LogP contribution < -0.4 is 10.6 Å². The van der Waals surface area contributed by atoms with Crippen LogP contribution in [0.5, 0.6) is 0 Å². The van der Waals surface area contributed by atoms with Gasteiger partial charge < -0.3 is 15.5 Å². The fourth-order valence-corrected chi connectivity index (χ4v) is 2.17. The van der Waals surface area contributed by atoms with E-state index in [2.05, 4.69) is 17.2 Å². The van der Waals surface area contributed by atoms with Crippen LogP contribution in [0.4, 0.5) is 0 Å². The van der Waals surface area contributed by atoms with Crippen molar-refractivity contribution in [3.8, 4) is 0 Å². The van der Waals surface area contributed by atoms with E-state index in [4.69, 9.17) is 0 Å². The van der Waals surface area contributed by atoms with Gasteiger partial charge in [0.1, 0.15) is 6.04 Å². The van der Waals surface area contributed by atoms with E-state index in [0.29, 0.717) is 13.1 Å². The highest BCUT2D eigenvalue weighted by atomic mass is 16.2. The van der Waals surface area contributed by atoms with Gasteiger partial charge in [-0.2, -0.15) is 0 Å². The molecule has 0 saturated carbocycles. The number of nitrogens with zero attached hydrogens (tertiary/aromatic N) is 1. The van der Waals surface area contributed by atoms with Crippen molar-refractivity contribution in [3.63, 3.8) is 0 Å². The molecule has 0 radical (unpaired) electrons. The first kappa shape index (κ1) is 19.4. The largest absolute Gasteiger partial charge is 0.348 e. The molecular formula is C18H25N3O3. The molecular weight excluding hydrogens is 306 g/mol. The van der Waals surface area contributed by atoms with Crippen molar-refractivity contribution in [2.75, 3.05) is 13.6 Å². The molecule has 0 spiro atoms. The highest BCUT2D eigenvalue weighted by Gasteiger charge is 2.19. The molecule has 130 valence electrons. The molecule has 0 aliphatic rings. The molecule has 0 bridgehead atoms. The van der Waals surface area contributed by atoms with Gasteiger partial charge in [-0.3, -0.25) is 14.4 Å². The molecule has 6 heteroatoms. The number of hydrogen-bond acceptors (Lipinski definition) is 3. The van der Waals surface area contributed by atoms with E-state index >= 15 is 0 Å². The number of rotatable bonds is 8. The van der Waals surface area contributed by atoms with Gasteiger partial charge in [0, 0.05) is 20.1 Å². The fraction of sp³-hybridized carbons (Fsp3) is 0.389. The maximum Gasteiger partial charge on any atom is 0.244 e. The average molecular weight is 331 g/mol. The molecule has 1 unspecified atom stereocenters. The summed E-state index contributed by atoms with van der Waals surface area (Å²) in [5.74, 6) is -0.628. The van der Waals surface area contributed by atoms with Gasteiger partial charge in [-0.15, -0.1) is 0 Å². The number of benzene rings is 1. The van der Waals surface area contributed by atoms with Gasteiger partial charge >= 0.3 is 0 Å². The van der Waals surface area contributed by atoms with E-state index in [1.165, 1.54) is 6.08 Å². The Labute approximate surface area is 142 Å². The van der Waals surface area contributed by atoms with Crippen LogP contribution in [-0.2, 0) is 27.3 Å². The third-order valence-corrected chi connectivity index (χ3v) is 3.71. The minimum atomic E-state index is -0.574. The molecule has 0 aromatic heterocycles. The van der Waals surface area contributed by atoms with Crippen molar-refractivity contribution in [1.29, 1.82) is 0 Å².